The van der Waals surface area contributed by atoms with Crippen molar-refractivity contribution in [1.29, 1.82) is 0 Å². The molecule has 5 rings (SSSR count). The maximum Gasteiger partial charge on any atom is 0.410 e. The maximum atomic E-state index is 15.8. The zero-order chi connectivity index (χ0) is 30.2. The van der Waals surface area contributed by atoms with Crippen molar-refractivity contribution in [2.24, 2.45) is 12.5 Å². The van der Waals surface area contributed by atoms with Crippen LogP contribution in [0.3, 0.4) is 0 Å². The Hall–Kier alpha value is -4.29. The lowest BCUT2D eigenvalue weighted by Crippen LogP contribution is -2.50. The number of piperazine rings is 1. The van der Waals surface area contributed by atoms with Gasteiger partial charge >= 0.3 is 6.09 Å². The Morgan fingerprint density at radius 3 is 2.43 bits per heavy atom. The summed E-state index contributed by atoms with van der Waals surface area (Å²) in [6, 6.07) is 2.70. The Morgan fingerprint density at radius 2 is 1.76 bits per heavy atom. The molecule has 0 atom stereocenters. The van der Waals surface area contributed by atoms with E-state index in [2.05, 4.69) is 46.3 Å². The van der Waals surface area contributed by atoms with Crippen LogP contribution in [-0.4, -0.2) is 72.3 Å². The summed E-state index contributed by atoms with van der Waals surface area (Å²) >= 11 is 0. The first kappa shape index (κ1) is 29.2. The highest BCUT2D eigenvalue weighted by molar-refractivity contribution is 5.75. The Balaban J connectivity index is 1.29. The van der Waals surface area contributed by atoms with Gasteiger partial charge in [-0.15, -0.1) is 0 Å². The van der Waals surface area contributed by atoms with Crippen molar-refractivity contribution in [2.75, 3.05) is 36.4 Å². The van der Waals surface area contributed by atoms with Gasteiger partial charge in [-0.05, 0) is 37.8 Å². The first-order valence-corrected chi connectivity index (χ1v) is 13.9. The number of carbonyl (C=O) groups is 1. The highest BCUT2D eigenvalue weighted by Gasteiger charge is 2.32. The zero-order valence-electron chi connectivity index (χ0n) is 24.9. The minimum atomic E-state index is -0.675. The molecule has 1 aliphatic heterocycles. The molecule has 4 aromatic rings. The molecule has 0 saturated carbocycles. The van der Waals surface area contributed by atoms with Crippen LogP contribution >= 0.6 is 0 Å². The van der Waals surface area contributed by atoms with E-state index in [1.54, 1.807) is 41.4 Å². The second-order valence-corrected chi connectivity index (χ2v) is 12.5. The summed E-state index contributed by atoms with van der Waals surface area (Å²) < 4.78 is 39.7. The summed E-state index contributed by atoms with van der Waals surface area (Å²) in [7, 11) is 1.80. The summed E-state index contributed by atoms with van der Waals surface area (Å²) in [6.07, 6.45) is 6.91. The number of nitrogens with one attached hydrogen (secondary N) is 1. The van der Waals surface area contributed by atoms with Crippen molar-refractivity contribution < 1.29 is 18.3 Å². The predicted octanol–water partition coefficient (Wildman–Crippen LogP) is 5.10. The summed E-state index contributed by atoms with van der Waals surface area (Å²) in [5.41, 5.74) is 0.689. The van der Waals surface area contributed by atoms with E-state index < -0.39 is 17.2 Å². The molecule has 1 aromatic carbocycles. The molecule has 1 N–H and O–H groups in total. The summed E-state index contributed by atoms with van der Waals surface area (Å²) in [5.74, 6) is -1.03. The summed E-state index contributed by atoms with van der Waals surface area (Å²) in [6.45, 7) is 11.5. The quantitative estimate of drug-likeness (QED) is 0.321. The van der Waals surface area contributed by atoms with Crippen LogP contribution in [0.4, 0.5) is 30.9 Å². The van der Waals surface area contributed by atoms with Gasteiger partial charge in [0.05, 0.1) is 35.7 Å². The molecule has 1 fully saturated rings. The van der Waals surface area contributed by atoms with Crippen LogP contribution in [0.15, 0.2) is 36.9 Å². The average Bonchev–Trinajstić information content (AvgIpc) is 3.50. The predicted molar refractivity (Wildman–Crippen MR) is 156 cm³/mol. The Labute approximate surface area is 243 Å². The van der Waals surface area contributed by atoms with Gasteiger partial charge in [-0.1, -0.05) is 20.8 Å². The molecule has 4 heterocycles. The van der Waals surface area contributed by atoms with Gasteiger partial charge in [0.15, 0.2) is 11.5 Å². The highest BCUT2D eigenvalue weighted by atomic mass is 19.1. The number of fused-ring (bicyclic) bond motifs is 1. The van der Waals surface area contributed by atoms with E-state index in [9.17, 15) is 9.18 Å². The minimum absolute atomic E-state index is 0.00869. The SMILES string of the molecule is Cn1cc(Nc2ncc3cnn(Cc4c(F)ccc(N5CCN(C(=O)OC(C)(C)CC(C)(C)C)CC5)c4F)c3n2)cn1. The number of halogens is 2. The topological polar surface area (TPSA) is 106 Å². The first-order chi connectivity index (χ1) is 19.8. The standard InChI is InChI=1S/C29H37F2N9O2/c1-28(2,3)18-29(4,5)42-27(41)39-11-9-38(10-12-39)23-8-7-22(30)21(24(23)31)17-40-25-19(14-34-40)13-32-26(36-25)35-20-15-33-37(6)16-20/h7-8,13-16H,9-12,17-18H2,1-6H3,(H,32,35,36). The van der Waals surface area contributed by atoms with Crippen LogP contribution in [0.2, 0.25) is 0 Å². The number of rotatable bonds is 7. The van der Waals surface area contributed by atoms with Crippen LogP contribution in [0.1, 0.15) is 46.6 Å². The molecule has 0 unspecified atom stereocenters. The number of ether oxygens (including phenoxy) is 1. The number of anilines is 3. The lowest BCUT2D eigenvalue weighted by Gasteiger charge is -2.38. The Morgan fingerprint density at radius 1 is 1.02 bits per heavy atom. The second kappa shape index (κ2) is 11.2. The third-order valence-corrected chi connectivity index (χ3v) is 7.01. The Kier molecular flexibility index (Phi) is 7.78. The molecule has 3 aromatic heterocycles. The van der Waals surface area contributed by atoms with Gasteiger partial charge in [0.25, 0.3) is 0 Å². The fraction of sp³-hybridized carbons (Fsp3) is 0.483. The molecule has 0 bridgehead atoms. The van der Waals surface area contributed by atoms with Crippen molar-refractivity contribution in [2.45, 2.75) is 53.2 Å². The fourth-order valence-corrected chi connectivity index (χ4v) is 5.53. The molecule has 1 amide bonds. The van der Waals surface area contributed by atoms with Gasteiger partial charge < -0.3 is 19.9 Å². The molecule has 1 saturated heterocycles. The lowest BCUT2D eigenvalue weighted by molar-refractivity contribution is -0.0103. The third kappa shape index (κ3) is 6.60. The van der Waals surface area contributed by atoms with Gasteiger partial charge in [0.2, 0.25) is 5.95 Å². The molecule has 13 heteroatoms. The number of benzene rings is 1. The maximum absolute atomic E-state index is 15.8. The Bertz CT molecular complexity index is 1580. The van der Waals surface area contributed by atoms with Crippen molar-refractivity contribution >= 4 is 34.4 Å². The number of amides is 1. The zero-order valence-corrected chi connectivity index (χ0v) is 24.9. The van der Waals surface area contributed by atoms with E-state index >= 15 is 4.39 Å². The molecule has 0 radical (unpaired) electrons. The van der Waals surface area contributed by atoms with Crippen LogP contribution in [0, 0.1) is 17.0 Å². The van der Waals surface area contributed by atoms with Crippen molar-refractivity contribution in [3.63, 3.8) is 0 Å². The van der Waals surface area contributed by atoms with E-state index in [1.807, 2.05) is 18.7 Å². The largest absolute Gasteiger partial charge is 0.443 e. The number of carbonyl (C=O) groups excluding carboxylic acids is 1. The number of hydrogen-bond donors (Lipinski definition) is 1. The van der Waals surface area contributed by atoms with Crippen LogP contribution in [-0.2, 0) is 18.3 Å². The smallest absolute Gasteiger partial charge is 0.410 e. The van der Waals surface area contributed by atoms with Crippen molar-refractivity contribution in [3.05, 3.63) is 54.1 Å². The molecular formula is C29H37F2N9O2. The molecule has 42 heavy (non-hydrogen) atoms. The van der Waals surface area contributed by atoms with Crippen LogP contribution in [0.5, 0.6) is 0 Å². The van der Waals surface area contributed by atoms with E-state index in [0.29, 0.717) is 48.8 Å². The van der Waals surface area contributed by atoms with Crippen LogP contribution < -0.4 is 10.2 Å². The van der Waals surface area contributed by atoms with Gasteiger partial charge in [-0.3, -0.25) is 4.68 Å². The molecule has 0 aliphatic carbocycles. The summed E-state index contributed by atoms with van der Waals surface area (Å²) in [4.78, 5) is 25.1. The molecule has 224 valence electrons. The number of aryl methyl sites for hydroxylation is 1. The monoisotopic (exact) mass is 581 g/mol. The average molecular weight is 582 g/mol. The van der Waals surface area contributed by atoms with E-state index in [4.69, 9.17) is 4.74 Å². The highest BCUT2D eigenvalue weighted by Crippen LogP contribution is 2.31. The van der Waals surface area contributed by atoms with Gasteiger partial charge in [-0.25, -0.2) is 23.2 Å². The van der Waals surface area contributed by atoms with E-state index in [-0.39, 0.29) is 29.3 Å². The number of hydrogen-bond acceptors (Lipinski definition) is 8. The second-order valence-electron chi connectivity index (χ2n) is 12.5. The van der Waals surface area contributed by atoms with Gasteiger partial charge in [0, 0.05) is 51.2 Å². The lowest BCUT2D eigenvalue weighted by atomic mass is 9.84. The molecular weight excluding hydrogens is 544 g/mol. The van der Waals surface area contributed by atoms with Gasteiger partial charge in [0.1, 0.15) is 11.4 Å². The van der Waals surface area contributed by atoms with E-state index in [1.165, 1.54) is 16.8 Å². The van der Waals surface area contributed by atoms with E-state index in [0.717, 1.165) is 6.42 Å². The van der Waals surface area contributed by atoms with Crippen molar-refractivity contribution in [3.8, 4) is 0 Å². The first-order valence-electron chi connectivity index (χ1n) is 13.9. The van der Waals surface area contributed by atoms with Crippen molar-refractivity contribution in [1.82, 2.24) is 34.4 Å². The third-order valence-electron chi connectivity index (χ3n) is 7.01. The molecule has 11 nitrogen and oxygen atoms in total. The van der Waals surface area contributed by atoms with Crippen LogP contribution in [0.25, 0.3) is 11.0 Å². The minimum Gasteiger partial charge on any atom is -0.443 e. The number of aromatic nitrogens is 6. The normalized spacial score (nSPS) is 14.5. The molecule has 1 aliphatic rings. The van der Waals surface area contributed by atoms with Gasteiger partial charge in [-0.2, -0.15) is 15.2 Å². The molecule has 0 spiro atoms. The fourth-order valence-electron chi connectivity index (χ4n) is 5.53. The summed E-state index contributed by atoms with van der Waals surface area (Å²) in [5, 5.41) is 12.1. The number of nitrogens with zero attached hydrogens (tertiary/aromatic N) is 8.